The van der Waals surface area contributed by atoms with Crippen LogP contribution in [0.1, 0.15) is 16.0 Å². The molecule has 1 heterocycles. The Morgan fingerprint density at radius 1 is 1.10 bits per heavy atom. The first-order valence-corrected chi connectivity index (χ1v) is 7.84. The van der Waals surface area contributed by atoms with Crippen LogP contribution in [0.5, 0.6) is 17.2 Å². The highest BCUT2D eigenvalue weighted by atomic mass is 79.9. The van der Waals surface area contributed by atoms with E-state index < -0.39 is 0 Å². The molecule has 0 N–H and O–H groups in total. The highest BCUT2D eigenvalue weighted by Crippen LogP contribution is 2.36. The molecular formula is C17H17BrO3. The summed E-state index contributed by atoms with van der Waals surface area (Å²) in [5.74, 6) is 2.54. The second-order valence-electron chi connectivity index (χ2n) is 4.93. The van der Waals surface area contributed by atoms with Crippen molar-refractivity contribution in [3.63, 3.8) is 0 Å². The largest absolute Gasteiger partial charge is 0.497 e. The maximum absolute atomic E-state index is 5.64. The Bertz CT molecular complexity index is 627. The van der Waals surface area contributed by atoms with E-state index in [-0.39, 0.29) is 4.83 Å². The summed E-state index contributed by atoms with van der Waals surface area (Å²) in [5, 5.41) is 0. The molecule has 0 amide bonds. The third kappa shape index (κ3) is 3.32. The van der Waals surface area contributed by atoms with Gasteiger partial charge in [0, 0.05) is 4.83 Å². The van der Waals surface area contributed by atoms with Gasteiger partial charge in [-0.05, 0) is 41.8 Å². The molecule has 0 aromatic heterocycles. The summed E-state index contributed by atoms with van der Waals surface area (Å²) in [4.78, 5) is 0.223. The highest BCUT2D eigenvalue weighted by molar-refractivity contribution is 9.09. The molecule has 3 nitrogen and oxygen atoms in total. The Morgan fingerprint density at radius 2 is 1.90 bits per heavy atom. The number of rotatable bonds is 4. The average molecular weight is 349 g/mol. The Labute approximate surface area is 133 Å². The molecule has 0 radical (unpaired) electrons. The van der Waals surface area contributed by atoms with Crippen molar-refractivity contribution in [1.29, 1.82) is 0 Å². The molecule has 0 aliphatic carbocycles. The van der Waals surface area contributed by atoms with Crippen LogP contribution in [-0.2, 0) is 6.42 Å². The summed E-state index contributed by atoms with van der Waals surface area (Å²) in [5.41, 5.74) is 2.41. The van der Waals surface area contributed by atoms with Crippen molar-refractivity contribution in [1.82, 2.24) is 0 Å². The number of alkyl halides is 1. The fraction of sp³-hybridized carbons (Fsp3) is 0.294. The lowest BCUT2D eigenvalue weighted by molar-refractivity contribution is 0.171. The predicted octanol–water partition coefficient (Wildman–Crippen LogP) is 4.15. The van der Waals surface area contributed by atoms with Gasteiger partial charge < -0.3 is 14.2 Å². The number of ether oxygens (including phenoxy) is 3. The van der Waals surface area contributed by atoms with Gasteiger partial charge in [-0.3, -0.25) is 0 Å². The standard InChI is InChI=1S/C17H17BrO3/c1-19-14-4-2-3-12(9-14)10-15(18)13-5-6-16-17(11-13)21-8-7-20-16/h2-6,9,11,15H,7-8,10H2,1H3. The Hall–Kier alpha value is -1.68. The molecule has 110 valence electrons. The predicted molar refractivity (Wildman–Crippen MR) is 85.8 cm³/mol. The molecule has 1 aliphatic heterocycles. The molecule has 3 rings (SSSR count). The molecule has 2 aromatic rings. The van der Waals surface area contributed by atoms with Crippen molar-refractivity contribution in [2.45, 2.75) is 11.2 Å². The third-order valence-electron chi connectivity index (χ3n) is 3.48. The topological polar surface area (TPSA) is 27.7 Å². The van der Waals surface area contributed by atoms with E-state index in [0.29, 0.717) is 13.2 Å². The maximum Gasteiger partial charge on any atom is 0.161 e. The molecule has 0 fully saturated rings. The summed E-state index contributed by atoms with van der Waals surface area (Å²) < 4.78 is 16.4. The summed E-state index contributed by atoms with van der Waals surface area (Å²) in [7, 11) is 1.69. The van der Waals surface area contributed by atoms with Crippen molar-refractivity contribution in [2.75, 3.05) is 20.3 Å². The van der Waals surface area contributed by atoms with Crippen molar-refractivity contribution >= 4 is 15.9 Å². The highest BCUT2D eigenvalue weighted by Gasteiger charge is 2.15. The monoisotopic (exact) mass is 348 g/mol. The molecule has 1 unspecified atom stereocenters. The number of fused-ring (bicyclic) bond motifs is 1. The van der Waals surface area contributed by atoms with Crippen LogP contribution in [0.4, 0.5) is 0 Å². The molecule has 0 bridgehead atoms. The van der Waals surface area contributed by atoms with Crippen LogP contribution in [-0.4, -0.2) is 20.3 Å². The van der Waals surface area contributed by atoms with Gasteiger partial charge in [0.05, 0.1) is 7.11 Å². The molecule has 21 heavy (non-hydrogen) atoms. The van der Waals surface area contributed by atoms with Crippen LogP contribution >= 0.6 is 15.9 Å². The number of hydrogen-bond donors (Lipinski definition) is 0. The van der Waals surface area contributed by atoms with Gasteiger partial charge in [0.25, 0.3) is 0 Å². The molecule has 4 heteroatoms. The zero-order chi connectivity index (χ0) is 14.7. The Kier molecular flexibility index (Phi) is 4.34. The van der Waals surface area contributed by atoms with Crippen LogP contribution in [0.15, 0.2) is 42.5 Å². The Morgan fingerprint density at radius 3 is 2.71 bits per heavy atom. The van der Waals surface area contributed by atoms with Gasteiger partial charge in [-0.15, -0.1) is 0 Å². The SMILES string of the molecule is COc1cccc(CC(Br)c2ccc3c(c2)OCCO3)c1. The van der Waals surface area contributed by atoms with Gasteiger partial charge in [-0.1, -0.05) is 34.1 Å². The fourth-order valence-electron chi connectivity index (χ4n) is 2.38. The number of halogens is 1. The van der Waals surface area contributed by atoms with E-state index in [4.69, 9.17) is 14.2 Å². The molecule has 1 atom stereocenters. The first kappa shape index (κ1) is 14.3. The molecule has 0 saturated heterocycles. The van der Waals surface area contributed by atoms with Gasteiger partial charge in [-0.2, -0.15) is 0 Å². The minimum absolute atomic E-state index is 0.223. The minimum atomic E-state index is 0.223. The zero-order valence-electron chi connectivity index (χ0n) is 11.8. The van der Waals surface area contributed by atoms with E-state index in [9.17, 15) is 0 Å². The van der Waals surface area contributed by atoms with Crippen molar-refractivity contribution in [2.24, 2.45) is 0 Å². The minimum Gasteiger partial charge on any atom is -0.497 e. The lowest BCUT2D eigenvalue weighted by Crippen LogP contribution is -2.15. The van der Waals surface area contributed by atoms with E-state index in [2.05, 4.69) is 34.1 Å². The van der Waals surface area contributed by atoms with E-state index in [0.717, 1.165) is 23.7 Å². The summed E-state index contributed by atoms with van der Waals surface area (Å²) in [6, 6.07) is 14.2. The van der Waals surface area contributed by atoms with Crippen LogP contribution in [0.2, 0.25) is 0 Å². The molecule has 0 spiro atoms. The Balaban J connectivity index is 1.76. The lowest BCUT2D eigenvalue weighted by Gasteiger charge is -2.20. The zero-order valence-corrected chi connectivity index (χ0v) is 13.4. The second-order valence-corrected chi connectivity index (χ2v) is 6.03. The summed E-state index contributed by atoms with van der Waals surface area (Å²) >= 11 is 3.76. The number of hydrogen-bond acceptors (Lipinski definition) is 3. The van der Waals surface area contributed by atoms with Crippen molar-refractivity contribution in [3.8, 4) is 17.2 Å². The van der Waals surface area contributed by atoms with E-state index in [1.165, 1.54) is 11.1 Å². The van der Waals surface area contributed by atoms with Gasteiger partial charge in [-0.25, -0.2) is 0 Å². The van der Waals surface area contributed by atoms with Gasteiger partial charge in [0.15, 0.2) is 11.5 Å². The number of benzene rings is 2. The normalized spacial score (nSPS) is 14.6. The van der Waals surface area contributed by atoms with Crippen LogP contribution in [0, 0.1) is 0 Å². The second kappa shape index (κ2) is 6.39. The fourth-order valence-corrected chi connectivity index (χ4v) is 3.04. The van der Waals surface area contributed by atoms with Gasteiger partial charge in [0.1, 0.15) is 19.0 Å². The van der Waals surface area contributed by atoms with Crippen LogP contribution < -0.4 is 14.2 Å². The van der Waals surface area contributed by atoms with Gasteiger partial charge >= 0.3 is 0 Å². The van der Waals surface area contributed by atoms with Crippen LogP contribution in [0.3, 0.4) is 0 Å². The lowest BCUT2D eigenvalue weighted by atomic mass is 10.0. The molecular weight excluding hydrogens is 332 g/mol. The quantitative estimate of drug-likeness (QED) is 0.777. The van der Waals surface area contributed by atoms with Crippen LogP contribution in [0.25, 0.3) is 0 Å². The van der Waals surface area contributed by atoms with E-state index >= 15 is 0 Å². The molecule has 1 aliphatic rings. The third-order valence-corrected chi connectivity index (χ3v) is 4.33. The van der Waals surface area contributed by atoms with E-state index in [1.807, 2.05) is 24.3 Å². The molecule has 0 saturated carbocycles. The van der Waals surface area contributed by atoms with E-state index in [1.54, 1.807) is 7.11 Å². The summed E-state index contributed by atoms with van der Waals surface area (Å²) in [6.45, 7) is 1.23. The van der Waals surface area contributed by atoms with Crippen molar-refractivity contribution in [3.05, 3.63) is 53.6 Å². The smallest absolute Gasteiger partial charge is 0.161 e. The average Bonchev–Trinajstić information content (AvgIpc) is 2.54. The molecule has 2 aromatic carbocycles. The number of methoxy groups -OCH3 is 1. The summed E-state index contributed by atoms with van der Waals surface area (Å²) in [6.07, 6.45) is 0.886. The first-order chi connectivity index (χ1) is 10.3. The maximum atomic E-state index is 5.64. The van der Waals surface area contributed by atoms with Crippen molar-refractivity contribution < 1.29 is 14.2 Å². The van der Waals surface area contributed by atoms with Gasteiger partial charge in [0.2, 0.25) is 0 Å². The first-order valence-electron chi connectivity index (χ1n) is 6.93.